The molecule has 6 heteroatoms. The van der Waals surface area contributed by atoms with Gasteiger partial charge >= 0.3 is 17.9 Å². The van der Waals surface area contributed by atoms with Gasteiger partial charge in [0, 0.05) is 19.3 Å². The van der Waals surface area contributed by atoms with Crippen LogP contribution in [0.5, 0.6) is 0 Å². The van der Waals surface area contributed by atoms with Crippen LogP contribution in [-0.2, 0) is 28.6 Å². The molecule has 0 heterocycles. The molecule has 0 saturated heterocycles. The lowest BCUT2D eigenvalue weighted by Gasteiger charge is -2.18. The maximum atomic E-state index is 12.8. The van der Waals surface area contributed by atoms with Crippen molar-refractivity contribution in [3.8, 4) is 0 Å². The second-order valence-electron chi connectivity index (χ2n) is 17.2. The van der Waals surface area contributed by atoms with Crippen LogP contribution in [0.1, 0.15) is 239 Å². The van der Waals surface area contributed by atoms with E-state index in [1.165, 1.54) is 128 Å². The molecule has 0 bridgehead atoms. The number of unbranched alkanes of at least 4 members (excludes halogenated alkanes) is 26. The van der Waals surface area contributed by atoms with Gasteiger partial charge in [0.05, 0.1) is 0 Å². The molecule has 0 aliphatic carbocycles. The third-order valence-electron chi connectivity index (χ3n) is 11.0. The molecule has 63 heavy (non-hydrogen) atoms. The third-order valence-corrected chi connectivity index (χ3v) is 11.0. The number of carbonyl (C=O) groups excluding carboxylic acids is 3. The average molecular weight is 877 g/mol. The summed E-state index contributed by atoms with van der Waals surface area (Å²) in [7, 11) is 0. The Morgan fingerprint density at radius 2 is 0.635 bits per heavy atom. The van der Waals surface area contributed by atoms with Gasteiger partial charge in [0.2, 0.25) is 0 Å². The smallest absolute Gasteiger partial charge is 0.306 e. The minimum Gasteiger partial charge on any atom is -0.462 e. The van der Waals surface area contributed by atoms with E-state index in [4.69, 9.17) is 14.2 Å². The van der Waals surface area contributed by atoms with Crippen LogP contribution in [0.2, 0.25) is 0 Å². The van der Waals surface area contributed by atoms with Gasteiger partial charge in [-0.15, -0.1) is 0 Å². The van der Waals surface area contributed by atoms with Gasteiger partial charge in [-0.25, -0.2) is 0 Å². The number of hydrogen-bond donors (Lipinski definition) is 0. The summed E-state index contributed by atoms with van der Waals surface area (Å²) in [5, 5.41) is 0. The van der Waals surface area contributed by atoms with Crippen LogP contribution in [0.4, 0.5) is 0 Å². The Morgan fingerprint density at radius 1 is 0.333 bits per heavy atom. The summed E-state index contributed by atoms with van der Waals surface area (Å²) >= 11 is 0. The fourth-order valence-electron chi connectivity index (χ4n) is 7.12. The highest BCUT2D eigenvalue weighted by Crippen LogP contribution is 2.15. The fraction of sp³-hybridized carbons (Fsp3) is 0.702. The van der Waals surface area contributed by atoms with Crippen LogP contribution in [0.15, 0.2) is 85.1 Å². The Morgan fingerprint density at radius 3 is 1.03 bits per heavy atom. The van der Waals surface area contributed by atoms with Crippen molar-refractivity contribution in [3.63, 3.8) is 0 Å². The Kier molecular flexibility index (Phi) is 48.5. The van der Waals surface area contributed by atoms with E-state index in [0.717, 1.165) is 70.6 Å². The SMILES string of the molecule is CC\C=C/C=C\C=C/C=C\C=C\C=C/CCCCCC(=O)OCC(COC(=O)CCCCCCCCCCCCC)OC(=O)CCCCCCCCC/C=C\CCCCCCCC. The molecule has 0 saturated carbocycles. The van der Waals surface area contributed by atoms with Crippen molar-refractivity contribution < 1.29 is 28.6 Å². The van der Waals surface area contributed by atoms with Crippen LogP contribution >= 0.6 is 0 Å². The summed E-state index contributed by atoms with van der Waals surface area (Å²) in [5.41, 5.74) is 0. The number of ether oxygens (including phenoxy) is 3. The average Bonchev–Trinajstić information content (AvgIpc) is 3.28. The van der Waals surface area contributed by atoms with Gasteiger partial charge in [-0.05, 0) is 64.2 Å². The second kappa shape index (κ2) is 51.2. The molecule has 1 unspecified atom stereocenters. The van der Waals surface area contributed by atoms with Crippen LogP contribution in [0.3, 0.4) is 0 Å². The first-order valence-corrected chi connectivity index (χ1v) is 26.2. The lowest BCUT2D eigenvalue weighted by molar-refractivity contribution is -0.167. The monoisotopic (exact) mass is 877 g/mol. The maximum Gasteiger partial charge on any atom is 0.306 e. The predicted octanol–water partition coefficient (Wildman–Crippen LogP) is 17.2. The van der Waals surface area contributed by atoms with Gasteiger partial charge < -0.3 is 14.2 Å². The van der Waals surface area contributed by atoms with Crippen molar-refractivity contribution in [1.29, 1.82) is 0 Å². The maximum absolute atomic E-state index is 12.8. The molecule has 0 spiro atoms. The van der Waals surface area contributed by atoms with E-state index < -0.39 is 6.10 Å². The highest BCUT2D eigenvalue weighted by molar-refractivity contribution is 5.71. The molecule has 360 valence electrons. The highest BCUT2D eigenvalue weighted by atomic mass is 16.6. The fourth-order valence-corrected chi connectivity index (χ4v) is 7.12. The summed E-state index contributed by atoms with van der Waals surface area (Å²) in [6, 6.07) is 0. The molecule has 0 N–H and O–H groups in total. The second-order valence-corrected chi connectivity index (χ2v) is 17.2. The van der Waals surface area contributed by atoms with Crippen molar-refractivity contribution >= 4 is 17.9 Å². The zero-order valence-corrected chi connectivity index (χ0v) is 41.1. The largest absolute Gasteiger partial charge is 0.462 e. The van der Waals surface area contributed by atoms with E-state index in [-0.39, 0.29) is 31.1 Å². The molecular formula is C57H96O6. The van der Waals surface area contributed by atoms with E-state index in [9.17, 15) is 14.4 Å². The molecule has 1 atom stereocenters. The molecule has 0 radical (unpaired) electrons. The summed E-state index contributed by atoms with van der Waals surface area (Å²) in [6.45, 7) is 6.44. The zero-order valence-electron chi connectivity index (χ0n) is 41.1. The van der Waals surface area contributed by atoms with Crippen LogP contribution in [-0.4, -0.2) is 37.2 Å². The first-order valence-electron chi connectivity index (χ1n) is 26.2. The lowest BCUT2D eigenvalue weighted by atomic mass is 10.1. The minimum atomic E-state index is -0.795. The lowest BCUT2D eigenvalue weighted by Crippen LogP contribution is -2.30. The van der Waals surface area contributed by atoms with Gasteiger partial charge in [0.1, 0.15) is 13.2 Å². The normalized spacial score (nSPS) is 12.7. The minimum absolute atomic E-state index is 0.0916. The number of hydrogen-bond acceptors (Lipinski definition) is 6. The van der Waals surface area contributed by atoms with Gasteiger partial charge in [0.25, 0.3) is 0 Å². The highest BCUT2D eigenvalue weighted by Gasteiger charge is 2.19. The Balaban J connectivity index is 4.46. The zero-order chi connectivity index (χ0) is 45.8. The van der Waals surface area contributed by atoms with Crippen molar-refractivity contribution in [2.75, 3.05) is 13.2 Å². The summed E-state index contributed by atoms with van der Waals surface area (Å²) in [4.78, 5) is 38.0. The molecule has 0 aromatic rings. The van der Waals surface area contributed by atoms with Crippen molar-refractivity contribution in [1.82, 2.24) is 0 Å². The molecule has 0 fully saturated rings. The number of rotatable bonds is 46. The predicted molar refractivity (Wildman–Crippen MR) is 270 cm³/mol. The molecule has 0 amide bonds. The van der Waals surface area contributed by atoms with E-state index in [0.29, 0.717) is 19.3 Å². The van der Waals surface area contributed by atoms with Crippen molar-refractivity contribution in [2.45, 2.75) is 245 Å². The summed E-state index contributed by atoms with van der Waals surface area (Å²) in [6.07, 6.45) is 65.6. The standard InChI is InChI=1S/C57H96O6/c1-4-7-10-13-16-19-22-24-26-28-30-32-35-38-41-44-47-50-56(59)62-53-54(52-61-55(58)49-46-43-40-37-34-21-18-15-12-9-6-3)63-57(60)51-48-45-42-39-36-33-31-29-27-25-23-20-17-14-11-8-5-2/h7,10,13,16,19,22,24-28,30,32,35,54H,4-6,8-9,11-12,14-15,17-18,20-21,23,29,31,33-34,36-53H2,1-3H3/b10-7-,16-13-,22-19-,26-24-,27-25-,30-28+,35-32-. The first-order chi connectivity index (χ1) is 31.0. The quantitative estimate of drug-likeness (QED) is 0.0199. The van der Waals surface area contributed by atoms with Crippen LogP contribution < -0.4 is 0 Å². The first kappa shape index (κ1) is 59.6. The van der Waals surface area contributed by atoms with E-state index in [1.54, 1.807) is 0 Å². The molecule has 0 aromatic heterocycles. The Hall–Kier alpha value is -3.41. The van der Waals surface area contributed by atoms with Gasteiger partial charge in [0.15, 0.2) is 6.10 Å². The summed E-state index contributed by atoms with van der Waals surface area (Å²) < 4.78 is 16.8. The van der Waals surface area contributed by atoms with Crippen molar-refractivity contribution in [2.24, 2.45) is 0 Å². The van der Waals surface area contributed by atoms with Gasteiger partial charge in [-0.1, -0.05) is 241 Å². The molecular weight excluding hydrogens is 781 g/mol. The molecule has 6 nitrogen and oxygen atoms in total. The Labute approximate surface area is 388 Å². The summed E-state index contributed by atoms with van der Waals surface area (Å²) in [5.74, 6) is -0.941. The van der Waals surface area contributed by atoms with Crippen LogP contribution in [0.25, 0.3) is 0 Å². The Bertz CT molecular complexity index is 1240. The number of carbonyl (C=O) groups is 3. The third kappa shape index (κ3) is 49.5. The topological polar surface area (TPSA) is 78.9 Å². The molecule has 0 aliphatic heterocycles. The molecule has 0 aromatic carbocycles. The molecule has 0 rings (SSSR count). The van der Waals surface area contributed by atoms with Crippen molar-refractivity contribution in [3.05, 3.63) is 85.1 Å². The number of esters is 3. The van der Waals surface area contributed by atoms with E-state index >= 15 is 0 Å². The van der Waals surface area contributed by atoms with E-state index in [2.05, 4.69) is 45.1 Å². The van der Waals surface area contributed by atoms with E-state index in [1.807, 2.05) is 60.8 Å². The van der Waals surface area contributed by atoms with Crippen LogP contribution in [0, 0.1) is 0 Å². The van der Waals surface area contributed by atoms with Gasteiger partial charge in [-0.2, -0.15) is 0 Å². The number of allylic oxidation sites excluding steroid dienone is 14. The van der Waals surface area contributed by atoms with Gasteiger partial charge in [-0.3, -0.25) is 14.4 Å². The molecule has 0 aliphatic rings.